The highest BCUT2D eigenvalue weighted by molar-refractivity contribution is 5.42. The lowest BCUT2D eigenvalue weighted by molar-refractivity contribution is 0.197. The van der Waals surface area contributed by atoms with Gasteiger partial charge in [-0.2, -0.15) is 0 Å². The van der Waals surface area contributed by atoms with Crippen molar-refractivity contribution in [1.82, 2.24) is 4.90 Å². The molecule has 0 spiro atoms. The lowest BCUT2D eigenvalue weighted by Gasteiger charge is -2.31. The summed E-state index contributed by atoms with van der Waals surface area (Å²) in [5.74, 6) is 2.46. The lowest BCUT2D eigenvalue weighted by Crippen LogP contribution is -2.34. The minimum absolute atomic E-state index is 0.0408. The van der Waals surface area contributed by atoms with Gasteiger partial charge in [-0.15, -0.1) is 0 Å². The maximum Gasteiger partial charge on any atom is 0.127 e. The van der Waals surface area contributed by atoms with Crippen LogP contribution in [0.2, 0.25) is 0 Å². The van der Waals surface area contributed by atoms with E-state index < -0.39 is 0 Å². The van der Waals surface area contributed by atoms with Crippen LogP contribution < -0.4 is 15.2 Å². The van der Waals surface area contributed by atoms with Crippen LogP contribution in [-0.4, -0.2) is 39.3 Å². The third-order valence-electron chi connectivity index (χ3n) is 4.14. The highest BCUT2D eigenvalue weighted by Crippen LogP contribution is 2.30. The van der Waals surface area contributed by atoms with Crippen LogP contribution in [0.15, 0.2) is 18.2 Å². The van der Waals surface area contributed by atoms with Crippen molar-refractivity contribution < 1.29 is 9.47 Å². The number of nitrogens with two attached hydrogens (primary N) is 1. The van der Waals surface area contributed by atoms with Crippen molar-refractivity contribution in [2.75, 3.05) is 34.4 Å². The molecule has 0 heterocycles. The summed E-state index contributed by atoms with van der Waals surface area (Å²) >= 11 is 0. The highest BCUT2D eigenvalue weighted by Gasteiger charge is 2.21. The molecule has 1 aliphatic carbocycles. The molecule has 1 saturated carbocycles. The number of hydrogen-bond donors (Lipinski definition) is 1. The van der Waals surface area contributed by atoms with Crippen LogP contribution in [0, 0.1) is 5.92 Å². The number of likely N-dealkylation sites (N-methyl/N-ethyl adjacent to an activating group) is 1. The van der Waals surface area contributed by atoms with Crippen molar-refractivity contribution in [3.05, 3.63) is 23.8 Å². The number of methoxy groups -OCH3 is 2. The number of hydrogen-bond acceptors (Lipinski definition) is 4. The summed E-state index contributed by atoms with van der Waals surface area (Å²) in [5.41, 5.74) is 7.37. The van der Waals surface area contributed by atoms with Crippen molar-refractivity contribution in [1.29, 1.82) is 0 Å². The maximum absolute atomic E-state index is 6.34. The third-order valence-corrected chi connectivity index (χ3v) is 4.14. The van der Waals surface area contributed by atoms with Crippen LogP contribution >= 0.6 is 0 Å². The van der Waals surface area contributed by atoms with Gasteiger partial charge in [0.15, 0.2) is 0 Å². The Balaban J connectivity index is 1.98. The molecular formula is C16H26N2O2. The van der Waals surface area contributed by atoms with Crippen molar-refractivity contribution >= 4 is 0 Å². The fraction of sp³-hybridized carbons (Fsp3) is 0.625. The molecule has 1 atom stereocenters. The summed E-state index contributed by atoms with van der Waals surface area (Å²) in [5, 5.41) is 0. The van der Waals surface area contributed by atoms with Gasteiger partial charge >= 0.3 is 0 Å². The molecule has 20 heavy (non-hydrogen) atoms. The van der Waals surface area contributed by atoms with E-state index in [2.05, 4.69) is 11.9 Å². The van der Waals surface area contributed by atoms with Gasteiger partial charge in [-0.3, -0.25) is 0 Å². The molecule has 4 nitrogen and oxygen atoms in total. The van der Waals surface area contributed by atoms with E-state index in [0.717, 1.165) is 36.1 Å². The first-order valence-electron chi connectivity index (χ1n) is 7.30. The zero-order valence-electron chi connectivity index (χ0n) is 12.8. The molecule has 2 N–H and O–H groups in total. The molecule has 1 aliphatic rings. The van der Waals surface area contributed by atoms with E-state index in [1.54, 1.807) is 14.2 Å². The number of nitrogens with zero attached hydrogens (tertiary/aromatic N) is 1. The van der Waals surface area contributed by atoms with Crippen molar-refractivity contribution in [3.8, 4) is 11.5 Å². The fourth-order valence-electron chi connectivity index (χ4n) is 2.75. The minimum Gasteiger partial charge on any atom is -0.497 e. The first-order chi connectivity index (χ1) is 9.63. The largest absolute Gasteiger partial charge is 0.497 e. The van der Waals surface area contributed by atoms with Crippen LogP contribution in [0.3, 0.4) is 0 Å². The first kappa shape index (κ1) is 15.1. The average molecular weight is 278 g/mol. The Labute approximate surface area is 121 Å². The summed E-state index contributed by atoms with van der Waals surface area (Å²) in [6.07, 6.45) is 4.12. The van der Waals surface area contributed by atoms with Gasteiger partial charge in [-0.25, -0.2) is 0 Å². The van der Waals surface area contributed by atoms with Gasteiger partial charge in [0.2, 0.25) is 0 Å². The van der Waals surface area contributed by atoms with Gasteiger partial charge in [0.05, 0.1) is 14.2 Å². The lowest BCUT2D eigenvalue weighted by atomic mass is 9.85. The molecule has 0 saturated heterocycles. The highest BCUT2D eigenvalue weighted by atomic mass is 16.5. The van der Waals surface area contributed by atoms with E-state index in [0.29, 0.717) is 0 Å². The van der Waals surface area contributed by atoms with Crippen LogP contribution in [0.1, 0.15) is 30.9 Å². The summed E-state index contributed by atoms with van der Waals surface area (Å²) in [6.45, 7) is 1.99. The van der Waals surface area contributed by atoms with E-state index in [4.69, 9.17) is 15.2 Å². The van der Waals surface area contributed by atoms with Crippen molar-refractivity contribution in [3.63, 3.8) is 0 Å². The molecule has 0 radical (unpaired) electrons. The predicted octanol–water partition coefficient (Wildman–Crippen LogP) is 2.44. The second-order valence-electron chi connectivity index (χ2n) is 5.73. The zero-order chi connectivity index (χ0) is 14.5. The van der Waals surface area contributed by atoms with E-state index >= 15 is 0 Å². The maximum atomic E-state index is 6.34. The Morgan fingerprint density at radius 1 is 1.30 bits per heavy atom. The van der Waals surface area contributed by atoms with Gasteiger partial charge in [0.25, 0.3) is 0 Å². The van der Waals surface area contributed by atoms with Crippen LogP contribution in [0.4, 0.5) is 0 Å². The van der Waals surface area contributed by atoms with Gasteiger partial charge in [0.1, 0.15) is 11.5 Å². The topological polar surface area (TPSA) is 47.7 Å². The Morgan fingerprint density at radius 2 is 2.05 bits per heavy atom. The summed E-state index contributed by atoms with van der Waals surface area (Å²) in [6, 6.07) is 5.78. The quantitative estimate of drug-likeness (QED) is 0.832. The van der Waals surface area contributed by atoms with Crippen LogP contribution in [0.5, 0.6) is 11.5 Å². The Kier molecular flexibility index (Phi) is 5.26. The number of ether oxygens (including phenoxy) is 2. The number of benzene rings is 1. The molecule has 0 aliphatic heterocycles. The third kappa shape index (κ3) is 3.64. The van der Waals surface area contributed by atoms with Crippen LogP contribution in [0.25, 0.3) is 0 Å². The van der Waals surface area contributed by atoms with Gasteiger partial charge in [-0.1, -0.05) is 12.5 Å². The fourth-order valence-corrected chi connectivity index (χ4v) is 2.75. The molecule has 4 heteroatoms. The Hall–Kier alpha value is -1.26. The summed E-state index contributed by atoms with van der Waals surface area (Å²) in [4.78, 5) is 2.33. The average Bonchev–Trinajstić information content (AvgIpc) is 2.42. The van der Waals surface area contributed by atoms with Gasteiger partial charge < -0.3 is 20.1 Å². The SMILES string of the molecule is COc1ccc(C(N)CN(C)CC2CCC2)c(OC)c1. The van der Waals surface area contributed by atoms with Gasteiger partial charge in [0, 0.05) is 30.8 Å². The standard InChI is InChI=1S/C16H26N2O2/c1-18(10-12-5-4-6-12)11-15(17)14-8-7-13(19-2)9-16(14)20-3/h7-9,12,15H,4-6,10-11,17H2,1-3H3. The van der Waals surface area contributed by atoms with Crippen molar-refractivity contribution in [2.45, 2.75) is 25.3 Å². The number of rotatable bonds is 7. The molecule has 0 amide bonds. The normalized spacial score (nSPS) is 16.9. The smallest absolute Gasteiger partial charge is 0.127 e. The summed E-state index contributed by atoms with van der Waals surface area (Å²) in [7, 11) is 5.47. The molecule has 1 fully saturated rings. The molecule has 112 valence electrons. The Bertz CT molecular complexity index is 432. The summed E-state index contributed by atoms with van der Waals surface area (Å²) < 4.78 is 10.6. The molecule has 0 bridgehead atoms. The molecule has 1 aromatic carbocycles. The molecule has 1 aromatic rings. The Morgan fingerprint density at radius 3 is 2.60 bits per heavy atom. The first-order valence-corrected chi connectivity index (χ1v) is 7.30. The van der Waals surface area contributed by atoms with E-state index in [-0.39, 0.29) is 6.04 Å². The molecule has 1 unspecified atom stereocenters. The van der Waals surface area contributed by atoms with E-state index in [1.807, 2.05) is 18.2 Å². The second-order valence-corrected chi connectivity index (χ2v) is 5.73. The second kappa shape index (κ2) is 6.95. The van der Waals surface area contributed by atoms with Crippen molar-refractivity contribution in [2.24, 2.45) is 11.7 Å². The monoisotopic (exact) mass is 278 g/mol. The predicted molar refractivity (Wildman–Crippen MR) is 81.3 cm³/mol. The minimum atomic E-state index is -0.0408. The zero-order valence-corrected chi connectivity index (χ0v) is 12.8. The van der Waals surface area contributed by atoms with E-state index in [9.17, 15) is 0 Å². The molecule has 0 aromatic heterocycles. The van der Waals surface area contributed by atoms with Crippen LogP contribution in [-0.2, 0) is 0 Å². The van der Waals surface area contributed by atoms with E-state index in [1.165, 1.54) is 19.3 Å². The molecule has 2 rings (SSSR count). The van der Waals surface area contributed by atoms with Gasteiger partial charge in [-0.05, 0) is 31.9 Å². The molecular weight excluding hydrogens is 252 g/mol.